The minimum atomic E-state index is 0.119. The zero-order chi connectivity index (χ0) is 11.7. The molecule has 2 aliphatic heterocycles. The third kappa shape index (κ3) is 2.07. The Morgan fingerprint density at radius 1 is 1.24 bits per heavy atom. The van der Waals surface area contributed by atoms with Crippen molar-refractivity contribution in [2.45, 2.75) is 38.2 Å². The number of ether oxygens (including phenoxy) is 1. The lowest BCUT2D eigenvalue weighted by Gasteiger charge is -2.16. The fourth-order valence-corrected chi connectivity index (χ4v) is 2.61. The predicted octanol–water partition coefficient (Wildman–Crippen LogP) is 1.66. The van der Waals surface area contributed by atoms with Gasteiger partial charge in [-0.25, -0.2) is 4.98 Å². The molecule has 3 heterocycles. The van der Waals surface area contributed by atoms with E-state index < -0.39 is 0 Å². The van der Waals surface area contributed by atoms with Gasteiger partial charge in [-0.15, -0.1) is 0 Å². The van der Waals surface area contributed by atoms with Crippen molar-refractivity contribution in [2.24, 2.45) is 0 Å². The molecule has 0 spiro atoms. The van der Waals surface area contributed by atoms with Crippen molar-refractivity contribution in [2.75, 3.05) is 24.2 Å². The SMILES string of the molecule is Nc1nc2c(c(C3CCCO3)n1)CCCCN2. The first-order valence-electron chi connectivity index (χ1n) is 6.36. The van der Waals surface area contributed by atoms with Crippen LogP contribution in [-0.2, 0) is 11.2 Å². The average Bonchev–Trinajstić information content (AvgIpc) is 2.74. The summed E-state index contributed by atoms with van der Waals surface area (Å²) in [6.07, 6.45) is 5.64. The number of nitrogens with two attached hydrogens (primary N) is 1. The highest BCUT2D eigenvalue weighted by atomic mass is 16.5. The topological polar surface area (TPSA) is 73.1 Å². The van der Waals surface area contributed by atoms with Crippen molar-refractivity contribution in [3.8, 4) is 0 Å². The zero-order valence-electron chi connectivity index (χ0n) is 9.91. The maximum atomic E-state index is 5.78. The summed E-state index contributed by atoms with van der Waals surface area (Å²) < 4.78 is 5.73. The number of aromatic nitrogens is 2. The maximum absolute atomic E-state index is 5.78. The van der Waals surface area contributed by atoms with Crippen LogP contribution in [0.15, 0.2) is 0 Å². The van der Waals surface area contributed by atoms with Crippen molar-refractivity contribution in [1.82, 2.24) is 9.97 Å². The Morgan fingerprint density at radius 3 is 3.00 bits per heavy atom. The van der Waals surface area contributed by atoms with E-state index in [-0.39, 0.29) is 6.10 Å². The van der Waals surface area contributed by atoms with E-state index in [0.717, 1.165) is 43.9 Å². The van der Waals surface area contributed by atoms with Gasteiger partial charge < -0.3 is 15.8 Å². The highest BCUT2D eigenvalue weighted by Gasteiger charge is 2.25. The summed E-state index contributed by atoms with van der Waals surface area (Å²) in [5.41, 5.74) is 8.01. The first-order valence-corrected chi connectivity index (χ1v) is 6.36. The number of fused-ring (bicyclic) bond motifs is 1. The van der Waals surface area contributed by atoms with Gasteiger partial charge in [-0.2, -0.15) is 4.98 Å². The van der Waals surface area contributed by atoms with Crippen LogP contribution in [0, 0.1) is 0 Å². The first-order chi connectivity index (χ1) is 8.34. The second-order valence-electron chi connectivity index (χ2n) is 4.68. The fourth-order valence-electron chi connectivity index (χ4n) is 2.61. The normalized spacial score (nSPS) is 23.9. The standard InChI is InChI=1S/C12H18N4O/c13-12-15-10(9-5-3-7-17-9)8-4-1-2-6-14-11(8)16-12/h9H,1-7H2,(H3,13,14,15,16). The zero-order valence-corrected chi connectivity index (χ0v) is 9.91. The van der Waals surface area contributed by atoms with Crippen molar-refractivity contribution < 1.29 is 4.74 Å². The van der Waals surface area contributed by atoms with E-state index in [2.05, 4.69) is 15.3 Å². The van der Waals surface area contributed by atoms with E-state index >= 15 is 0 Å². The molecule has 0 radical (unpaired) electrons. The summed E-state index contributed by atoms with van der Waals surface area (Å²) in [7, 11) is 0. The van der Waals surface area contributed by atoms with Crippen LogP contribution >= 0.6 is 0 Å². The molecule has 2 aliphatic rings. The first kappa shape index (κ1) is 10.8. The highest BCUT2D eigenvalue weighted by Crippen LogP contribution is 2.34. The number of hydrogen-bond donors (Lipinski definition) is 2. The Labute approximate surface area is 101 Å². The van der Waals surface area contributed by atoms with E-state index in [1.165, 1.54) is 18.4 Å². The van der Waals surface area contributed by atoms with Gasteiger partial charge in [0, 0.05) is 18.7 Å². The van der Waals surface area contributed by atoms with Crippen LogP contribution in [0.5, 0.6) is 0 Å². The second kappa shape index (κ2) is 4.49. The Kier molecular flexibility index (Phi) is 2.84. The molecule has 5 nitrogen and oxygen atoms in total. The molecule has 3 N–H and O–H groups in total. The van der Waals surface area contributed by atoms with E-state index in [1.807, 2.05) is 0 Å². The van der Waals surface area contributed by atoms with E-state index in [9.17, 15) is 0 Å². The molecule has 17 heavy (non-hydrogen) atoms. The number of rotatable bonds is 1. The number of nitrogen functional groups attached to an aromatic ring is 1. The summed E-state index contributed by atoms with van der Waals surface area (Å²) in [6, 6.07) is 0. The van der Waals surface area contributed by atoms with Gasteiger partial charge in [0.25, 0.3) is 0 Å². The summed E-state index contributed by atoms with van der Waals surface area (Å²) in [5.74, 6) is 1.27. The Hall–Kier alpha value is -1.36. The smallest absolute Gasteiger partial charge is 0.222 e. The van der Waals surface area contributed by atoms with E-state index in [0.29, 0.717) is 5.95 Å². The van der Waals surface area contributed by atoms with Crippen LogP contribution in [0.2, 0.25) is 0 Å². The summed E-state index contributed by atoms with van der Waals surface area (Å²) >= 11 is 0. The second-order valence-corrected chi connectivity index (χ2v) is 4.68. The molecule has 1 atom stereocenters. The molecule has 3 rings (SSSR count). The monoisotopic (exact) mass is 234 g/mol. The minimum Gasteiger partial charge on any atom is -0.372 e. The molecule has 92 valence electrons. The van der Waals surface area contributed by atoms with Gasteiger partial charge in [-0.05, 0) is 32.1 Å². The van der Waals surface area contributed by atoms with Gasteiger partial charge in [0.1, 0.15) is 11.9 Å². The third-order valence-corrected chi connectivity index (χ3v) is 3.44. The third-order valence-electron chi connectivity index (χ3n) is 3.44. The van der Waals surface area contributed by atoms with Crippen LogP contribution in [0.3, 0.4) is 0 Å². The van der Waals surface area contributed by atoms with Crippen molar-refractivity contribution >= 4 is 11.8 Å². The average molecular weight is 234 g/mol. The lowest BCUT2D eigenvalue weighted by Crippen LogP contribution is -2.12. The molecular formula is C12H18N4O. The molecule has 0 aliphatic carbocycles. The molecule has 1 unspecified atom stereocenters. The molecule has 5 heteroatoms. The van der Waals surface area contributed by atoms with Crippen LogP contribution in [0.25, 0.3) is 0 Å². The van der Waals surface area contributed by atoms with Crippen molar-refractivity contribution in [3.63, 3.8) is 0 Å². The molecule has 0 amide bonds. The molecule has 1 aromatic heterocycles. The highest BCUT2D eigenvalue weighted by molar-refractivity contribution is 5.51. The number of anilines is 2. The lowest BCUT2D eigenvalue weighted by molar-refractivity contribution is 0.108. The summed E-state index contributed by atoms with van der Waals surface area (Å²) in [5, 5.41) is 3.34. The van der Waals surface area contributed by atoms with Gasteiger partial charge in [0.2, 0.25) is 5.95 Å². The van der Waals surface area contributed by atoms with Gasteiger partial charge in [0.05, 0.1) is 5.69 Å². The van der Waals surface area contributed by atoms with Gasteiger partial charge in [-0.1, -0.05) is 0 Å². The number of nitrogens with one attached hydrogen (secondary N) is 1. The Bertz CT molecular complexity index is 415. The van der Waals surface area contributed by atoms with Crippen molar-refractivity contribution in [1.29, 1.82) is 0 Å². The number of nitrogens with zero attached hydrogens (tertiary/aromatic N) is 2. The van der Waals surface area contributed by atoms with Gasteiger partial charge in [0.15, 0.2) is 0 Å². The van der Waals surface area contributed by atoms with Crippen molar-refractivity contribution in [3.05, 3.63) is 11.3 Å². The molecule has 0 saturated carbocycles. The largest absolute Gasteiger partial charge is 0.372 e. The van der Waals surface area contributed by atoms with Crippen LogP contribution in [0.1, 0.15) is 43.0 Å². The van der Waals surface area contributed by atoms with Crippen LogP contribution < -0.4 is 11.1 Å². The molecule has 0 aromatic carbocycles. The minimum absolute atomic E-state index is 0.119. The molecule has 1 saturated heterocycles. The van der Waals surface area contributed by atoms with Crippen LogP contribution in [-0.4, -0.2) is 23.1 Å². The van der Waals surface area contributed by atoms with Gasteiger partial charge in [-0.3, -0.25) is 0 Å². The van der Waals surface area contributed by atoms with Gasteiger partial charge >= 0.3 is 0 Å². The van der Waals surface area contributed by atoms with E-state index in [4.69, 9.17) is 10.5 Å². The van der Waals surface area contributed by atoms with E-state index in [1.54, 1.807) is 0 Å². The molecule has 0 bridgehead atoms. The quantitative estimate of drug-likeness (QED) is 0.773. The molecule has 1 fully saturated rings. The Morgan fingerprint density at radius 2 is 2.18 bits per heavy atom. The fraction of sp³-hybridized carbons (Fsp3) is 0.667. The Balaban J connectivity index is 2.03. The summed E-state index contributed by atoms with van der Waals surface area (Å²) in [6.45, 7) is 1.80. The number of hydrogen-bond acceptors (Lipinski definition) is 5. The predicted molar refractivity (Wildman–Crippen MR) is 65.8 cm³/mol. The van der Waals surface area contributed by atoms with Crippen LogP contribution in [0.4, 0.5) is 11.8 Å². The lowest BCUT2D eigenvalue weighted by atomic mass is 10.0. The molecule has 1 aromatic rings. The maximum Gasteiger partial charge on any atom is 0.222 e. The summed E-state index contributed by atoms with van der Waals surface area (Å²) in [4.78, 5) is 8.72. The molecular weight excluding hydrogens is 216 g/mol.